The summed E-state index contributed by atoms with van der Waals surface area (Å²) in [6.45, 7) is 6.02. The van der Waals surface area contributed by atoms with Crippen molar-refractivity contribution in [2.75, 3.05) is 20.2 Å². The van der Waals surface area contributed by atoms with Crippen LogP contribution < -0.4 is 15.4 Å². The van der Waals surface area contributed by atoms with Gasteiger partial charge in [0, 0.05) is 19.0 Å². The van der Waals surface area contributed by atoms with E-state index in [0.717, 1.165) is 30.8 Å². The Morgan fingerprint density at radius 2 is 2.14 bits per heavy atom. The van der Waals surface area contributed by atoms with Gasteiger partial charge in [0.05, 0.1) is 6.61 Å². The Hall–Kier alpha value is -1.26. The van der Waals surface area contributed by atoms with Crippen LogP contribution in [-0.4, -0.2) is 26.1 Å². The van der Waals surface area contributed by atoms with E-state index < -0.39 is 0 Å². The smallest absolute Gasteiger partial charge is 0.224 e. The van der Waals surface area contributed by atoms with Crippen molar-refractivity contribution in [2.24, 2.45) is 5.92 Å². The topological polar surface area (TPSA) is 50.4 Å². The molecule has 0 aliphatic rings. The molecule has 4 nitrogen and oxygen atoms in total. The number of halogens is 1. The van der Waals surface area contributed by atoms with Crippen LogP contribution in [0, 0.1) is 5.92 Å². The van der Waals surface area contributed by atoms with Crippen LogP contribution in [-0.2, 0) is 11.3 Å². The number of carbonyl (C=O) groups excluding carboxylic acids is 1. The third kappa shape index (κ3) is 7.93. The van der Waals surface area contributed by atoms with E-state index in [-0.39, 0.29) is 24.2 Å². The number of hydrogen-bond donors (Lipinski definition) is 2. The number of unbranched alkanes of at least 4 members (excludes halogenated alkanes) is 1. The Bertz CT molecular complexity index is 413. The van der Waals surface area contributed by atoms with Gasteiger partial charge < -0.3 is 15.4 Å². The zero-order valence-corrected chi connectivity index (χ0v) is 14.0. The van der Waals surface area contributed by atoms with Crippen LogP contribution in [0.2, 0.25) is 0 Å². The van der Waals surface area contributed by atoms with Gasteiger partial charge in [0.15, 0.2) is 0 Å². The summed E-state index contributed by atoms with van der Waals surface area (Å²) in [4.78, 5) is 11.8. The lowest BCUT2D eigenvalue weighted by Crippen LogP contribution is -2.33. The summed E-state index contributed by atoms with van der Waals surface area (Å²) in [5, 5.41) is 5.95. The molecule has 1 amide bonds. The van der Waals surface area contributed by atoms with Crippen LogP contribution in [0.3, 0.4) is 0 Å². The van der Waals surface area contributed by atoms with Crippen molar-refractivity contribution in [1.82, 2.24) is 10.6 Å². The molecule has 120 valence electrons. The highest BCUT2D eigenvalue weighted by molar-refractivity contribution is 5.85. The van der Waals surface area contributed by atoms with Gasteiger partial charge >= 0.3 is 0 Å². The van der Waals surface area contributed by atoms with E-state index >= 15 is 0 Å². The Kier molecular flexibility index (Phi) is 10.7. The first-order chi connectivity index (χ1) is 9.67. The number of hydrogen-bond acceptors (Lipinski definition) is 3. The van der Waals surface area contributed by atoms with Gasteiger partial charge in [0.2, 0.25) is 5.91 Å². The lowest BCUT2D eigenvalue weighted by atomic mass is 10.1. The van der Waals surface area contributed by atoms with Crippen molar-refractivity contribution in [3.63, 3.8) is 0 Å². The molecule has 0 saturated heterocycles. The van der Waals surface area contributed by atoms with E-state index in [0.29, 0.717) is 13.1 Å². The van der Waals surface area contributed by atoms with E-state index in [9.17, 15) is 4.79 Å². The SMILES string of the molecule is CCCCOc1cccc(CNC(=O)C(C)CNC)c1.Cl. The average molecular weight is 315 g/mol. The minimum absolute atomic E-state index is 0. The van der Waals surface area contributed by atoms with Crippen molar-refractivity contribution in [1.29, 1.82) is 0 Å². The molecule has 1 aromatic rings. The maximum absolute atomic E-state index is 11.8. The highest BCUT2D eigenvalue weighted by Gasteiger charge is 2.10. The fraction of sp³-hybridized carbons (Fsp3) is 0.562. The Morgan fingerprint density at radius 1 is 1.38 bits per heavy atom. The van der Waals surface area contributed by atoms with Gasteiger partial charge in [-0.25, -0.2) is 0 Å². The first kappa shape index (κ1) is 19.7. The van der Waals surface area contributed by atoms with Gasteiger partial charge in [0.25, 0.3) is 0 Å². The zero-order chi connectivity index (χ0) is 14.8. The maximum Gasteiger partial charge on any atom is 0.224 e. The number of benzene rings is 1. The van der Waals surface area contributed by atoms with Gasteiger partial charge in [-0.05, 0) is 31.2 Å². The van der Waals surface area contributed by atoms with Crippen LogP contribution in [0.15, 0.2) is 24.3 Å². The predicted octanol–water partition coefficient (Wildman–Crippen LogP) is 2.76. The van der Waals surface area contributed by atoms with Crippen LogP contribution in [0.4, 0.5) is 0 Å². The third-order valence-corrected chi connectivity index (χ3v) is 3.09. The lowest BCUT2D eigenvalue weighted by Gasteiger charge is -2.12. The molecule has 0 heterocycles. The molecular weight excluding hydrogens is 288 g/mol. The van der Waals surface area contributed by atoms with E-state index in [1.807, 2.05) is 38.2 Å². The van der Waals surface area contributed by atoms with E-state index in [1.54, 1.807) is 0 Å². The standard InChI is InChI=1S/C16H26N2O2.ClH/c1-4-5-9-20-15-8-6-7-14(10-15)12-18-16(19)13(2)11-17-3;/h6-8,10,13,17H,4-5,9,11-12H2,1-3H3,(H,18,19);1H. The van der Waals surface area contributed by atoms with Gasteiger partial charge in [-0.3, -0.25) is 4.79 Å². The summed E-state index contributed by atoms with van der Waals surface area (Å²) in [6.07, 6.45) is 2.18. The Balaban J connectivity index is 0.00000400. The molecule has 1 unspecified atom stereocenters. The highest BCUT2D eigenvalue weighted by Crippen LogP contribution is 2.13. The summed E-state index contributed by atoms with van der Waals surface area (Å²) in [6, 6.07) is 7.89. The predicted molar refractivity (Wildman–Crippen MR) is 89.0 cm³/mol. The van der Waals surface area contributed by atoms with E-state index in [2.05, 4.69) is 17.6 Å². The van der Waals surface area contributed by atoms with Crippen molar-refractivity contribution in [3.05, 3.63) is 29.8 Å². The molecule has 1 aromatic carbocycles. The quantitative estimate of drug-likeness (QED) is 0.689. The third-order valence-electron chi connectivity index (χ3n) is 3.09. The normalized spacial score (nSPS) is 11.4. The summed E-state index contributed by atoms with van der Waals surface area (Å²) in [5.41, 5.74) is 1.06. The Morgan fingerprint density at radius 3 is 2.81 bits per heavy atom. The molecule has 0 radical (unpaired) electrons. The number of carbonyl (C=O) groups is 1. The zero-order valence-electron chi connectivity index (χ0n) is 13.1. The monoisotopic (exact) mass is 314 g/mol. The number of ether oxygens (including phenoxy) is 1. The molecule has 1 rings (SSSR count). The molecule has 0 aliphatic heterocycles. The minimum atomic E-state index is -0.0241. The highest BCUT2D eigenvalue weighted by atomic mass is 35.5. The lowest BCUT2D eigenvalue weighted by molar-refractivity contribution is -0.124. The largest absolute Gasteiger partial charge is 0.494 e. The summed E-state index contributed by atoms with van der Waals surface area (Å²) >= 11 is 0. The first-order valence-corrected chi connectivity index (χ1v) is 7.31. The van der Waals surface area contributed by atoms with Gasteiger partial charge in [-0.1, -0.05) is 32.4 Å². The fourth-order valence-electron chi connectivity index (χ4n) is 1.84. The molecule has 0 aliphatic carbocycles. The second kappa shape index (κ2) is 11.4. The number of amides is 1. The van der Waals surface area contributed by atoms with E-state index in [4.69, 9.17) is 4.74 Å². The van der Waals surface area contributed by atoms with Crippen LogP contribution in [0.25, 0.3) is 0 Å². The number of rotatable bonds is 9. The van der Waals surface area contributed by atoms with Crippen LogP contribution in [0.1, 0.15) is 32.3 Å². The number of nitrogens with one attached hydrogen (secondary N) is 2. The van der Waals surface area contributed by atoms with Gasteiger partial charge in [-0.15, -0.1) is 12.4 Å². The van der Waals surface area contributed by atoms with Crippen LogP contribution >= 0.6 is 12.4 Å². The Labute approximate surface area is 134 Å². The van der Waals surface area contributed by atoms with Gasteiger partial charge in [0.1, 0.15) is 5.75 Å². The van der Waals surface area contributed by atoms with Crippen molar-refractivity contribution >= 4 is 18.3 Å². The minimum Gasteiger partial charge on any atom is -0.494 e. The second-order valence-electron chi connectivity index (χ2n) is 5.03. The van der Waals surface area contributed by atoms with Crippen molar-refractivity contribution < 1.29 is 9.53 Å². The van der Waals surface area contributed by atoms with Crippen LogP contribution in [0.5, 0.6) is 5.75 Å². The fourth-order valence-corrected chi connectivity index (χ4v) is 1.84. The molecule has 21 heavy (non-hydrogen) atoms. The molecule has 0 spiro atoms. The summed E-state index contributed by atoms with van der Waals surface area (Å²) in [5.74, 6) is 0.911. The molecule has 0 fully saturated rings. The molecule has 0 bridgehead atoms. The van der Waals surface area contributed by atoms with Gasteiger partial charge in [-0.2, -0.15) is 0 Å². The molecule has 0 aromatic heterocycles. The summed E-state index contributed by atoms with van der Waals surface area (Å²) < 4.78 is 5.66. The van der Waals surface area contributed by atoms with Crippen molar-refractivity contribution in [2.45, 2.75) is 33.2 Å². The molecule has 5 heteroatoms. The molecule has 2 N–H and O–H groups in total. The molecular formula is C16H27ClN2O2. The average Bonchev–Trinajstić information content (AvgIpc) is 2.46. The maximum atomic E-state index is 11.8. The second-order valence-corrected chi connectivity index (χ2v) is 5.03. The molecule has 0 saturated carbocycles. The summed E-state index contributed by atoms with van der Waals surface area (Å²) in [7, 11) is 1.85. The first-order valence-electron chi connectivity index (χ1n) is 7.31. The van der Waals surface area contributed by atoms with E-state index in [1.165, 1.54) is 0 Å². The van der Waals surface area contributed by atoms with Crippen molar-refractivity contribution in [3.8, 4) is 5.75 Å². The molecule has 1 atom stereocenters.